The number of rotatable bonds is 3. The number of piperazine rings is 1. The number of fused-ring (bicyclic) bond motifs is 1. The van der Waals surface area contributed by atoms with E-state index in [4.69, 9.17) is 0 Å². The molecule has 1 fully saturated rings. The SMILES string of the molecule is O=C1C(=O)N(C[NH+]2CCN(c3cccc(C(F)(F)F)c3)CC2)c2ccccc21. The van der Waals surface area contributed by atoms with Gasteiger partial charge in [0.25, 0.3) is 5.78 Å². The van der Waals surface area contributed by atoms with E-state index >= 15 is 0 Å². The molecule has 0 saturated carbocycles. The Morgan fingerprint density at radius 2 is 1.68 bits per heavy atom. The smallest absolute Gasteiger partial charge is 0.360 e. The number of carbonyl (C=O) groups excluding carboxylic acids is 2. The summed E-state index contributed by atoms with van der Waals surface area (Å²) in [6.07, 6.45) is -4.36. The molecule has 0 aromatic heterocycles. The van der Waals surface area contributed by atoms with Crippen LogP contribution in [0.15, 0.2) is 48.5 Å². The second kappa shape index (κ2) is 6.94. The van der Waals surface area contributed by atoms with Crippen molar-refractivity contribution < 1.29 is 27.7 Å². The second-order valence-corrected chi connectivity index (χ2v) is 7.02. The lowest BCUT2D eigenvalue weighted by molar-refractivity contribution is -0.899. The number of quaternary nitrogens is 1. The molecule has 0 aliphatic carbocycles. The molecule has 2 aliphatic rings. The Balaban J connectivity index is 1.42. The zero-order valence-electron chi connectivity index (χ0n) is 15.0. The normalized spacial score (nSPS) is 18.0. The topological polar surface area (TPSA) is 45.1 Å². The van der Waals surface area contributed by atoms with Crippen LogP contribution < -0.4 is 14.7 Å². The molecule has 1 amide bonds. The predicted molar refractivity (Wildman–Crippen MR) is 97.5 cm³/mol. The van der Waals surface area contributed by atoms with E-state index < -0.39 is 23.4 Å². The molecule has 0 radical (unpaired) electrons. The van der Waals surface area contributed by atoms with Gasteiger partial charge >= 0.3 is 12.1 Å². The van der Waals surface area contributed by atoms with Gasteiger partial charge in [-0.2, -0.15) is 13.2 Å². The number of Topliss-reactive ketones (excluding diaryl/α,β-unsaturated/α-hetero) is 1. The number of amides is 1. The van der Waals surface area contributed by atoms with Crippen LogP contribution in [0.2, 0.25) is 0 Å². The van der Waals surface area contributed by atoms with Gasteiger partial charge in [-0.05, 0) is 30.3 Å². The van der Waals surface area contributed by atoms with Gasteiger partial charge < -0.3 is 9.80 Å². The summed E-state index contributed by atoms with van der Waals surface area (Å²) < 4.78 is 38.8. The number of hydrogen-bond acceptors (Lipinski definition) is 3. The summed E-state index contributed by atoms with van der Waals surface area (Å²) in [6, 6.07) is 12.3. The molecule has 2 aromatic rings. The summed E-state index contributed by atoms with van der Waals surface area (Å²) in [4.78, 5) is 28.9. The first kappa shape index (κ1) is 18.5. The van der Waals surface area contributed by atoms with Crippen LogP contribution in [0.4, 0.5) is 24.5 Å². The van der Waals surface area contributed by atoms with Crippen molar-refractivity contribution in [3.05, 3.63) is 59.7 Å². The number of halogens is 3. The van der Waals surface area contributed by atoms with Crippen molar-refractivity contribution >= 4 is 23.1 Å². The van der Waals surface area contributed by atoms with Gasteiger partial charge in [0.05, 0.1) is 43.0 Å². The number of nitrogens with one attached hydrogen (secondary N) is 1. The minimum Gasteiger partial charge on any atom is -0.360 e. The summed E-state index contributed by atoms with van der Waals surface area (Å²) in [5, 5.41) is 0. The van der Waals surface area contributed by atoms with E-state index in [1.165, 1.54) is 17.0 Å². The summed E-state index contributed by atoms with van der Waals surface area (Å²) in [5.74, 6) is -1.01. The van der Waals surface area contributed by atoms with E-state index in [9.17, 15) is 22.8 Å². The third kappa shape index (κ3) is 3.35. The summed E-state index contributed by atoms with van der Waals surface area (Å²) >= 11 is 0. The average Bonchev–Trinajstić information content (AvgIpc) is 2.93. The number of para-hydroxylation sites is 1. The average molecular weight is 390 g/mol. The molecule has 0 bridgehead atoms. The molecule has 0 spiro atoms. The van der Waals surface area contributed by atoms with Crippen LogP contribution in [-0.4, -0.2) is 44.5 Å². The van der Waals surface area contributed by atoms with Crippen LogP contribution >= 0.6 is 0 Å². The molecule has 146 valence electrons. The van der Waals surface area contributed by atoms with E-state index in [1.54, 1.807) is 30.3 Å². The second-order valence-electron chi connectivity index (χ2n) is 7.02. The number of carbonyl (C=O) groups is 2. The Labute approximate surface area is 159 Å². The maximum absolute atomic E-state index is 12.9. The van der Waals surface area contributed by atoms with Crippen LogP contribution in [0.3, 0.4) is 0 Å². The molecule has 0 unspecified atom stereocenters. The Morgan fingerprint density at radius 3 is 2.39 bits per heavy atom. The lowest BCUT2D eigenvalue weighted by Gasteiger charge is -2.35. The van der Waals surface area contributed by atoms with Crippen molar-refractivity contribution in [3.8, 4) is 0 Å². The fourth-order valence-electron chi connectivity index (χ4n) is 3.75. The molecule has 4 rings (SSSR count). The first-order valence-electron chi connectivity index (χ1n) is 9.05. The number of hydrogen-bond donors (Lipinski definition) is 1. The molecule has 2 heterocycles. The van der Waals surface area contributed by atoms with Crippen molar-refractivity contribution in [1.29, 1.82) is 0 Å². The van der Waals surface area contributed by atoms with Gasteiger partial charge in [0.15, 0.2) is 6.67 Å². The first-order valence-corrected chi connectivity index (χ1v) is 9.05. The highest BCUT2D eigenvalue weighted by Gasteiger charge is 2.38. The highest BCUT2D eigenvalue weighted by atomic mass is 19.4. The van der Waals surface area contributed by atoms with Gasteiger partial charge in [0.2, 0.25) is 0 Å². The van der Waals surface area contributed by atoms with Gasteiger partial charge in [-0.15, -0.1) is 0 Å². The third-order valence-electron chi connectivity index (χ3n) is 5.27. The Bertz CT molecular complexity index is 921. The predicted octanol–water partition coefficient (Wildman–Crippen LogP) is 1.60. The van der Waals surface area contributed by atoms with Crippen molar-refractivity contribution in [2.45, 2.75) is 6.18 Å². The van der Waals surface area contributed by atoms with Crippen LogP contribution in [0.25, 0.3) is 0 Å². The largest absolute Gasteiger partial charge is 0.416 e. The summed E-state index contributed by atoms with van der Waals surface area (Å²) in [7, 11) is 0. The van der Waals surface area contributed by atoms with Crippen LogP contribution in [-0.2, 0) is 11.0 Å². The lowest BCUT2D eigenvalue weighted by atomic mass is 10.1. The molecule has 2 aliphatic heterocycles. The Kier molecular flexibility index (Phi) is 4.58. The standard InChI is InChI=1S/C20H18F3N3O2/c21-20(22,23)14-4-3-5-15(12-14)25-10-8-24(9-11-25)13-26-17-7-2-1-6-16(17)18(27)19(26)28/h1-7,12H,8-11,13H2/p+1. The van der Waals surface area contributed by atoms with Gasteiger partial charge in [-0.3, -0.25) is 14.5 Å². The molecule has 1 N–H and O–H groups in total. The molecular formula is C20H19F3N3O2+. The fourth-order valence-corrected chi connectivity index (χ4v) is 3.75. The minimum atomic E-state index is -4.36. The molecular weight excluding hydrogens is 371 g/mol. The molecule has 28 heavy (non-hydrogen) atoms. The van der Waals surface area contributed by atoms with Crippen LogP contribution in [0.5, 0.6) is 0 Å². The number of anilines is 2. The quantitative estimate of drug-likeness (QED) is 0.810. The van der Waals surface area contributed by atoms with Crippen molar-refractivity contribution in [2.24, 2.45) is 0 Å². The molecule has 5 nitrogen and oxygen atoms in total. The van der Waals surface area contributed by atoms with E-state index in [1.807, 2.05) is 4.90 Å². The van der Waals surface area contributed by atoms with E-state index in [-0.39, 0.29) is 0 Å². The molecule has 0 atom stereocenters. The first-order chi connectivity index (χ1) is 13.3. The van der Waals surface area contributed by atoms with Gasteiger partial charge in [-0.25, -0.2) is 0 Å². The van der Waals surface area contributed by atoms with Crippen LogP contribution in [0.1, 0.15) is 15.9 Å². The monoisotopic (exact) mass is 390 g/mol. The lowest BCUT2D eigenvalue weighted by Crippen LogP contribution is -3.16. The Hall–Kier alpha value is -2.87. The molecule has 1 saturated heterocycles. The van der Waals surface area contributed by atoms with E-state index in [0.717, 1.165) is 11.0 Å². The Morgan fingerprint density at radius 1 is 0.964 bits per heavy atom. The maximum Gasteiger partial charge on any atom is 0.416 e. The number of benzene rings is 2. The maximum atomic E-state index is 12.9. The van der Waals surface area contributed by atoms with E-state index in [2.05, 4.69) is 0 Å². The van der Waals surface area contributed by atoms with E-state index in [0.29, 0.717) is 49.8 Å². The van der Waals surface area contributed by atoms with Crippen LogP contribution in [0, 0.1) is 0 Å². The van der Waals surface area contributed by atoms with Crippen molar-refractivity contribution in [1.82, 2.24) is 0 Å². The minimum absolute atomic E-state index is 0.373. The number of ketones is 1. The zero-order valence-corrected chi connectivity index (χ0v) is 15.0. The summed E-state index contributed by atoms with van der Waals surface area (Å²) in [6.45, 7) is 2.85. The molecule has 2 aromatic carbocycles. The van der Waals surface area contributed by atoms with Crippen molar-refractivity contribution in [2.75, 3.05) is 42.6 Å². The highest BCUT2D eigenvalue weighted by Crippen LogP contribution is 2.31. The molecule has 8 heteroatoms. The number of nitrogens with zero attached hydrogens (tertiary/aromatic N) is 2. The van der Waals surface area contributed by atoms with Crippen molar-refractivity contribution in [3.63, 3.8) is 0 Å². The number of alkyl halides is 3. The third-order valence-corrected chi connectivity index (χ3v) is 5.27. The zero-order chi connectivity index (χ0) is 19.9. The van der Waals surface area contributed by atoms with Gasteiger partial charge in [0, 0.05) is 5.69 Å². The van der Waals surface area contributed by atoms with Gasteiger partial charge in [0.1, 0.15) is 0 Å². The summed E-state index contributed by atoms with van der Waals surface area (Å²) in [5.41, 5.74) is 0.948. The fraction of sp³-hybridized carbons (Fsp3) is 0.300. The van der Waals surface area contributed by atoms with Gasteiger partial charge in [-0.1, -0.05) is 18.2 Å². The highest BCUT2D eigenvalue weighted by molar-refractivity contribution is 6.52.